The number of carbonyl (C=O) groups is 1. The molecule has 6 aromatic rings. The van der Waals surface area contributed by atoms with Crippen LogP contribution in [0, 0.1) is 0 Å². The highest BCUT2D eigenvalue weighted by molar-refractivity contribution is 5.87. The molecule has 0 saturated heterocycles. The van der Waals surface area contributed by atoms with E-state index in [9.17, 15) is 4.79 Å². The Kier molecular flexibility index (Phi) is 9.64. The van der Waals surface area contributed by atoms with Crippen LogP contribution in [-0.4, -0.2) is 24.7 Å². The van der Waals surface area contributed by atoms with Crippen molar-refractivity contribution in [3.63, 3.8) is 0 Å². The van der Waals surface area contributed by atoms with Crippen LogP contribution in [0.15, 0.2) is 134 Å². The summed E-state index contributed by atoms with van der Waals surface area (Å²) in [6, 6.07) is 42.5. The number of benzene rings is 5. The van der Waals surface area contributed by atoms with E-state index in [4.69, 9.17) is 14.2 Å². The molecule has 0 fully saturated rings. The molecule has 6 nitrogen and oxygen atoms in total. The van der Waals surface area contributed by atoms with Gasteiger partial charge in [0.25, 0.3) is 0 Å². The van der Waals surface area contributed by atoms with Crippen molar-refractivity contribution in [3.05, 3.63) is 161 Å². The van der Waals surface area contributed by atoms with Gasteiger partial charge in [-0.3, -0.25) is 4.79 Å². The van der Waals surface area contributed by atoms with Gasteiger partial charge in [0.1, 0.15) is 12.4 Å². The zero-order valence-electron chi connectivity index (χ0n) is 26.2. The lowest BCUT2D eigenvalue weighted by atomic mass is 9.87. The van der Waals surface area contributed by atoms with Gasteiger partial charge in [0.15, 0.2) is 11.5 Å². The number of aromatic nitrogens is 1. The fourth-order valence-corrected chi connectivity index (χ4v) is 5.83. The smallest absolute Gasteiger partial charge is 0.221 e. The van der Waals surface area contributed by atoms with E-state index in [2.05, 4.69) is 52.5 Å². The number of fused-ring (bicyclic) bond motifs is 1. The average Bonchev–Trinajstić information content (AvgIpc) is 3.47. The topological polar surface area (TPSA) is 61.7 Å². The fraction of sp³-hybridized carbons (Fsp3) is 0.175. The zero-order chi connectivity index (χ0) is 31.7. The molecule has 0 radical (unpaired) electrons. The highest BCUT2D eigenvalue weighted by atomic mass is 16.5. The first kappa shape index (κ1) is 30.5. The number of hydrogen-bond donors (Lipinski definition) is 1. The SMILES string of the molecule is COc1ccc(Cn2cc([C@@H](CC(=O)NCc3ccccc3)c3ccc(OCc4ccccc4)c(OC)c3)c3ccccc32)cc1. The Morgan fingerprint density at radius 3 is 2.13 bits per heavy atom. The molecule has 1 N–H and O–H groups in total. The summed E-state index contributed by atoms with van der Waals surface area (Å²) in [7, 11) is 3.32. The molecule has 0 unspecified atom stereocenters. The Balaban J connectivity index is 1.34. The highest BCUT2D eigenvalue weighted by Gasteiger charge is 2.24. The summed E-state index contributed by atoms with van der Waals surface area (Å²) in [5.41, 5.74) is 6.46. The van der Waals surface area contributed by atoms with Crippen LogP contribution in [-0.2, 0) is 24.5 Å². The van der Waals surface area contributed by atoms with Crippen molar-refractivity contribution in [1.82, 2.24) is 9.88 Å². The number of rotatable bonds is 13. The third-order valence-corrected chi connectivity index (χ3v) is 8.26. The molecule has 1 aromatic heterocycles. The van der Waals surface area contributed by atoms with Crippen LogP contribution in [0.3, 0.4) is 0 Å². The fourth-order valence-electron chi connectivity index (χ4n) is 5.83. The predicted molar refractivity (Wildman–Crippen MR) is 183 cm³/mol. The van der Waals surface area contributed by atoms with E-state index >= 15 is 0 Å². The van der Waals surface area contributed by atoms with Gasteiger partial charge in [-0.15, -0.1) is 0 Å². The Bertz CT molecular complexity index is 1880. The van der Waals surface area contributed by atoms with Gasteiger partial charge in [0.05, 0.1) is 14.2 Å². The molecule has 1 amide bonds. The number of ether oxygens (including phenoxy) is 3. The number of carbonyl (C=O) groups excluding carboxylic acids is 1. The standard InChI is InChI=1S/C40H38N2O4/c1-44-33-20-17-30(18-21-33)26-42-27-36(34-15-9-10-16-37(34)42)35(24-40(43)41-25-29-11-5-3-6-12-29)32-19-22-38(39(23-32)45-2)46-28-31-13-7-4-8-14-31/h3-23,27,35H,24-26,28H2,1-2H3,(H,41,43)/t35-/m0/s1. The number of para-hydroxylation sites is 1. The van der Waals surface area contributed by atoms with Crippen molar-refractivity contribution in [1.29, 1.82) is 0 Å². The van der Waals surface area contributed by atoms with E-state index in [1.54, 1.807) is 14.2 Å². The van der Waals surface area contributed by atoms with Crippen LogP contribution < -0.4 is 19.5 Å². The Morgan fingerprint density at radius 1 is 0.717 bits per heavy atom. The molecule has 232 valence electrons. The lowest BCUT2D eigenvalue weighted by Gasteiger charge is -2.20. The monoisotopic (exact) mass is 610 g/mol. The summed E-state index contributed by atoms with van der Waals surface area (Å²) in [5, 5.41) is 4.25. The van der Waals surface area contributed by atoms with Gasteiger partial charge in [-0.2, -0.15) is 0 Å². The predicted octanol–water partition coefficient (Wildman–Crippen LogP) is 8.12. The maximum absolute atomic E-state index is 13.6. The molecule has 0 aliphatic carbocycles. The van der Waals surface area contributed by atoms with E-state index in [1.807, 2.05) is 91.0 Å². The number of amides is 1. The number of nitrogens with one attached hydrogen (secondary N) is 1. The van der Waals surface area contributed by atoms with Gasteiger partial charge in [0.2, 0.25) is 5.91 Å². The molecule has 0 aliphatic heterocycles. The summed E-state index contributed by atoms with van der Waals surface area (Å²) in [6.45, 7) is 1.59. The summed E-state index contributed by atoms with van der Waals surface area (Å²) >= 11 is 0. The van der Waals surface area contributed by atoms with E-state index < -0.39 is 0 Å². The van der Waals surface area contributed by atoms with Crippen LogP contribution in [0.5, 0.6) is 17.2 Å². The molecular weight excluding hydrogens is 572 g/mol. The molecule has 5 aromatic carbocycles. The highest BCUT2D eigenvalue weighted by Crippen LogP contribution is 2.39. The van der Waals surface area contributed by atoms with Crippen molar-refractivity contribution in [2.24, 2.45) is 0 Å². The molecule has 0 bridgehead atoms. The second-order valence-corrected chi connectivity index (χ2v) is 11.3. The summed E-state index contributed by atoms with van der Waals surface area (Å²) in [4.78, 5) is 13.6. The van der Waals surface area contributed by atoms with Crippen molar-refractivity contribution in [2.75, 3.05) is 14.2 Å². The third-order valence-electron chi connectivity index (χ3n) is 8.26. The molecular formula is C40H38N2O4. The van der Waals surface area contributed by atoms with Crippen LogP contribution in [0.1, 0.15) is 40.2 Å². The van der Waals surface area contributed by atoms with Crippen molar-refractivity contribution in [2.45, 2.75) is 32.0 Å². The summed E-state index contributed by atoms with van der Waals surface area (Å²) in [6.07, 6.45) is 2.47. The second kappa shape index (κ2) is 14.5. The molecule has 0 spiro atoms. The number of methoxy groups -OCH3 is 2. The second-order valence-electron chi connectivity index (χ2n) is 11.3. The van der Waals surface area contributed by atoms with Gasteiger partial charge < -0.3 is 24.1 Å². The van der Waals surface area contributed by atoms with E-state index in [0.29, 0.717) is 31.2 Å². The van der Waals surface area contributed by atoms with E-state index in [0.717, 1.165) is 44.5 Å². The summed E-state index contributed by atoms with van der Waals surface area (Å²) < 4.78 is 19.6. The average molecular weight is 611 g/mol. The Morgan fingerprint density at radius 2 is 1.41 bits per heavy atom. The van der Waals surface area contributed by atoms with Crippen LogP contribution in [0.25, 0.3) is 10.9 Å². The van der Waals surface area contributed by atoms with Crippen molar-refractivity contribution < 1.29 is 19.0 Å². The van der Waals surface area contributed by atoms with E-state index in [-0.39, 0.29) is 18.2 Å². The minimum absolute atomic E-state index is 0.0239. The zero-order valence-corrected chi connectivity index (χ0v) is 26.2. The first-order valence-electron chi connectivity index (χ1n) is 15.5. The van der Waals surface area contributed by atoms with Crippen molar-refractivity contribution >= 4 is 16.8 Å². The van der Waals surface area contributed by atoms with Crippen LogP contribution >= 0.6 is 0 Å². The summed E-state index contributed by atoms with van der Waals surface area (Å²) in [5.74, 6) is 1.86. The molecule has 46 heavy (non-hydrogen) atoms. The minimum atomic E-state index is -0.227. The third kappa shape index (κ3) is 7.24. The first-order valence-corrected chi connectivity index (χ1v) is 15.5. The molecule has 1 heterocycles. The normalized spacial score (nSPS) is 11.6. The van der Waals surface area contributed by atoms with Crippen LogP contribution in [0.4, 0.5) is 0 Å². The minimum Gasteiger partial charge on any atom is -0.497 e. The van der Waals surface area contributed by atoms with Crippen LogP contribution in [0.2, 0.25) is 0 Å². The molecule has 6 heteroatoms. The van der Waals surface area contributed by atoms with E-state index in [1.165, 1.54) is 0 Å². The van der Waals surface area contributed by atoms with Gasteiger partial charge in [-0.1, -0.05) is 97.1 Å². The lowest BCUT2D eigenvalue weighted by molar-refractivity contribution is -0.121. The Labute approximate surface area is 270 Å². The largest absolute Gasteiger partial charge is 0.497 e. The van der Waals surface area contributed by atoms with Gasteiger partial charge >= 0.3 is 0 Å². The Hall–Kier alpha value is -5.49. The quantitative estimate of drug-likeness (QED) is 0.143. The van der Waals surface area contributed by atoms with Gasteiger partial charge in [0, 0.05) is 42.5 Å². The lowest BCUT2D eigenvalue weighted by Crippen LogP contribution is -2.25. The van der Waals surface area contributed by atoms with Crippen molar-refractivity contribution in [3.8, 4) is 17.2 Å². The maximum atomic E-state index is 13.6. The number of hydrogen-bond acceptors (Lipinski definition) is 4. The first-order chi connectivity index (χ1) is 22.6. The molecule has 0 aliphatic rings. The number of nitrogens with zero attached hydrogens (tertiary/aromatic N) is 1. The van der Waals surface area contributed by atoms with Gasteiger partial charge in [-0.05, 0) is 58.1 Å². The van der Waals surface area contributed by atoms with Gasteiger partial charge in [-0.25, -0.2) is 0 Å². The molecule has 0 saturated carbocycles. The molecule has 6 rings (SSSR count). The molecule has 1 atom stereocenters. The maximum Gasteiger partial charge on any atom is 0.221 e.